The first-order valence-electron chi connectivity index (χ1n) is 5.45. The van der Waals surface area contributed by atoms with Gasteiger partial charge in [0, 0.05) is 22.5 Å². The van der Waals surface area contributed by atoms with Gasteiger partial charge in [0.2, 0.25) is 0 Å². The van der Waals surface area contributed by atoms with Crippen molar-refractivity contribution in [2.24, 2.45) is 0 Å². The molecule has 0 radical (unpaired) electrons. The third-order valence-corrected chi connectivity index (χ3v) is 3.15. The summed E-state index contributed by atoms with van der Waals surface area (Å²) in [6.07, 6.45) is 0.486. The highest BCUT2D eigenvalue weighted by molar-refractivity contribution is 9.10. The van der Waals surface area contributed by atoms with Crippen molar-refractivity contribution in [1.29, 1.82) is 0 Å². The number of rotatable bonds is 5. The number of halogens is 1. The van der Waals surface area contributed by atoms with Gasteiger partial charge >= 0.3 is 0 Å². The van der Waals surface area contributed by atoms with Gasteiger partial charge in [0.1, 0.15) is 11.5 Å². The molecule has 0 heterocycles. The lowest BCUT2D eigenvalue weighted by molar-refractivity contribution is -0.118. The van der Waals surface area contributed by atoms with E-state index in [0.29, 0.717) is 6.42 Å². The van der Waals surface area contributed by atoms with Crippen LogP contribution in [0.5, 0.6) is 5.75 Å². The van der Waals surface area contributed by atoms with E-state index in [-0.39, 0.29) is 11.8 Å². The van der Waals surface area contributed by atoms with Crippen molar-refractivity contribution in [3.8, 4) is 5.75 Å². The second-order valence-electron chi connectivity index (χ2n) is 4.27. The molecule has 3 nitrogen and oxygen atoms in total. The van der Waals surface area contributed by atoms with E-state index in [0.717, 1.165) is 15.8 Å². The largest absolute Gasteiger partial charge is 0.496 e. The lowest BCUT2D eigenvalue weighted by Crippen LogP contribution is -2.22. The van der Waals surface area contributed by atoms with Gasteiger partial charge in [-0.05, 0) is 39.2 Å². The molecule has 4 heteroatoms. The van der Waals surface area contributed by atoms with Crippen LogP contribution in [-0.4, -0.2) is 31.9 Å². The molecule has 0 aliphatic rings. The Labute approximate surface area is 111 Å². The van der Waals surface area contributed by atoms with Crippen molar-refractivity contribution in [3.63, 3.8) is 0 Å². The van der Waals surface area contributed by atoms with Gasteiger partial charge in [0.05, 0.1) is 7.11 Å². The van der Waals surface area contributed by atoms with Gasteiger partial charge in [0.25, 0.3) is 0 Å². The van der Waals surface area contributed by atoms with Crippen LogP contribution in [0.4, 0.5) is 0 Å². The van der Waals surface area contributed by atoms with E-state index in [4.69, 9.17) is 4.74 Å². The van der Waals surface area contributed by atoms with Crippen molar-refractivity contribution < 1.29 is 9.53 Å². The van der Waals surface area contributed by atoms with E-state index in [1.54, 1.807) is 14.0 Å². The van der Waals surface area contributed by atoms with Crippen molar-refractivity contribution in [3.05, 3.63) is 28.2 Å². The number of ether oxygens (including phenoxy) is 1. The average Bonchev–Trinajstić information content (AvgIpc) is 2.25. The van der Waals surface area contributed by atoms with Crippen LogP contribution in [0, 0.1) is 0 Å². The van der Waals surface area contributed by atoms with E-state index in [9.17, 15) is 4.79 Å². The molecule has 1 rings (SSSR count). The highest BCUT2D eigenvalue weighted by atomic mass is 79.9. The molecule has 1 unspecified atom stereocenters. The SMILES string of the molecule is COc1ccc(Br)cc1C(CC(C)=O)N(C)C. The molecule has 0 spiro atoms. The Morgan fingerprint density at radius 2 is 2.12 bits per heavy atom. The number of methoxy groups -OCH3 is 1. The maximum Gasteiger partial charge on any atom is 0.131 e. The zero-order valence-electron chi connectivity index (χ0n) is 10.7. The van der Waals surface area contributed by atoms with E-state index in [1.807, 2.05) is 37.2 Å². The number of hydrogen-bond donors (Lipinski definition) is 0. The summed E-state index contributed by atoms with van der Waals surface area (Å²) in [5.74, 6) is 0.985. The summed E-state index contributed by atoms with van der Waals surface area (Å²) >= 11 is 3.45. The molecule has 0 fully saturated rings. The zero-order chi connectivity index (χ0) is 13.0. The minimum absolute atomic E-state index is 0.0416. The quantitative estimate of drug-likeness (QED) is 0.837. The van der Waals surface area contributed by atoms with Gasteiger partial charge in [-0.2, -0.15) is 0 Å². The molecule has 1 atom stereocenters. The number of carbonyl (C=O) groups is 1. The zero-order valence-corrected chi connectivity index (χ0v) is 12.2. The number of carbonyl (C=O) groups excluding carboxylic acids is 1. The molecule has 94 valence electrons. The van der Waals surface area contributed by atoms with Crippen LogP contribution in [0.1, 0.15) is 24.9 Å². The Morgan fingerprint density at radius 3 is 2.59 bits per heavy atom. The minimum Gasteiger partial charge on any atom is -0.496 e. The van der Waals surface area contributed by atoms with Gasteiger partial charge in [-0.25, -0.2) is 0 Å². The van der Waals surface area contributed by atoms with Crippen LogP contribution < -0.4 is 4.74 Å². The predicted octanol–water partition coefficient (Wildman–Crippen LogP) is 3.04. The lowest BCUT2D eigenvalue weighted by atomic mass is 10.00. The molecule has 0 amide bonds. The lowest BCUT2D eigenvalue weighted by Gasteiger charge is -2.25. The molecule has 0 aromatic heterocycles. The first-order chi connectivity index (χ1) is 7.95. The number of ketones is 1. The predicted molar refractivity (Wildman–Crippen MR) is 72.4 cm³/mol. The van der Waals surface area contributed by atoms with Crippen LogP contribution in [0.2, 0.25) is 0 Å². The summed E-state index contributed by atoms with van der Waals surface area (Å²) in [5.41, 5.74) is 1.03. The van der Waals surface area contributed by atoms with E-state index < -0.39 is 0 Å². The normalized spacial score (nSPS) is 12.6. The Morgan fingerprint density at radius 1 is 1.47 bits per heavy atom. The summed E-state index contributed by atoms with van der Waals surface area (Å²) in [7, 11) is 5.58. The van der Waals surface area contributed by atoms with E-state index in [2.05, 4.69) is 15.9 Å². The molecular formula is C13H18BrNO2. The number of benzene rings is 1. The average molecular weight is 300 g/mol. The molecule has 17 heavy (non-hydrogen) atoms. The highest BCUT2D eigenvalue weighted by Crippen LogP contribution is 2.32. The molecular weight excluding hydrogens is 282 g/mol. The molecule has 0 aliphatic heterocycles. The monoisotopic (exact) mass is 299 g/mol. The van der Waals surface area contributed by atoms with Crippen molar-refractivity contribution in [2.45, 2.75) is 19.4 Å². The van der Waals surface area contributed by atoms with E-state index in [1.165, 1.54) is 0 Å². The van der Waals surface area contributed by atoms with Crippen LogP contribution in [-0.2, 0) is 4.79 Å². The van der Waals surface area contributed by atoms with Crippen LogP contribution in [0.25, 0.3) is 0 Å². The highest BCUT2D eigenvalue weighted by Gasteiger charge is 2.20. The maximum atomic E-state index is 11.3. The fourth-order valence-electron chi connectivity index (χ4n) is 1.81. The maximum absolute atomic E-state index is 11.3. The standard InChI is InChI=1S/C13H18BrNO2/c1-9(16)7-12(15(2)3)11-8-10(14)5-6-13(11)17-4/h5-6,8,12H,7H2,1-4H3. The van der Waals surface area contributed by atoms with Crippen LogP contribution in [0.15, 0.2) is 22.7 Å². The minimum atomic E-state index is 0.0416. The Balaban J connectivity index is 3.16. The summed E-state index contributed by atoms with van der Waals surface area (Å²) in [5, 5.41) is 0. The Kier molecular flexibility index (Phi) is 5.15. The number of nitrogens with zero attached hydrogens (tertiary/aromatic N) is 1. The Bertz CT molecular complexity index is 404. The number of Topliss-reactive ketones (excluding diaryl/α,β-unsaturated/α-hetero) is 1. The van der Waals surface area contributed by atoms with Gasteiger partial charge in [-0.15, -0.1) is 0 Å². The van der Waals surface area contributed by atoms with Gasteiger partial charge in [0.15, 0.2) is 0 Å². The smallest absolute Gasteiger partial charge is 0.131 e. The third-order valence-electron chi connectivity index (χ3n) is 2.65. The van der Waals surface area contributed by atoms with Crippen molar-refractivity contribution in [2.75, 3.05) is 21.2 Å². The number of hydrogen-bond acceptors (Lipinski definition) is 3. The third kappa shape index (κ3) is 3.82. The van der Waals surface area contributed by atoms with Gasteiger partial charge in [-0.1, -0.05) is 15.9 Å². The van der Waals surface area contributed by atoms with Gasteiger partial charge < -0.3 is 9.64 Å². The second-order valence-corrected chi connectivity index (χ2v) is 5.19. The van der Waals surface area contributed by atoms with E-state index >= 15 is 0 Å². The van der Waals surface area contributed by atoms with Crippen LogP contribution >= 0.6 is 15.9 Å². The topological polar surface area (TPSA) is 29.5 Å². The summed E-state index contributed by atoms with van der Waals surface area (Å²) in [6.45, 7) is 1.61. The molecule has 0 N–H and O–H groups in total. The molecule has 0 saturated carbocycles. The molecule has 0 bridgehead atoms. The first-order valence-corrected chi connectivity index (χ1v) is 6.24. The fraction of sp³-hybridized carbons (Fsp3) is 0.462. The van der Waals surface area contributed by atoms with Gasteiger partial charge in [-0.3, -0.25) is 4.79 Å². The first kappa shape index (κ1) is 14.2. The summed E-state index contributed by atoms with van der Waals surface area (Å²) in [6, 6.07) is 5.89. The molecule has 1 aromatic rings. The molecule has 0 aliphatic carbocycles. The van der Waals surface area contributed by atoms with Crippen molar-refractivity contribution >= 4 is 21.7 Å². The summed E-state index contributed by atoms with van der Waals surface area (Å²) < 4.78 is 6.34. The molecule has 0 saturated heterocycles. The summed E-state index contributed by atoms with van der Waals surface area (Å²) in [4.78, 5) is 13.4. The fourth-order valence-corrected chi connectivity index (χ4v) is 2.19. The van der Waals surface area contributed by atoms with Crippen molar-refractivity contribution in [1.82, 2.24) is 4.90 Å². The Hall–Kier alpha value is -0.870. The second kappa shape index (κ2) is 6.17. The van der Waals surface area contributed by atoms with Crippen LogP contribution in [0.3, 0.4) is 0 Å². The molecule has 1 aromatic carbocycles.